The Morgan fingerprint density at radius 1 is 1.25 bits per heavy atom. The van der Waals surface area contributed by atoms with Gasteiger partial charge in [0.15, 0.2) is 0 Å². The quantitative estimate of drug-likeness (QED) is 0.882. The van der Waals surface area contributed by atoms with Crippen molar-refractivity contribution in [2.75, 3.05) is 5.73 Å². The van der Waals surface area contributed by atoms with Gasteiger partial charge in [0.05, 0.1) is 15.9 Å². The fourth-order valence-corrected chi connectivity index (χ4v) is 2.69. The number of anilines is 1. The molecular weight excluding hydrogens is 314 g/mol. The standard InChI is InChI=1S/C16H22BrN3/c1-10-6-7-13(11(2)8-10)20-15(18)14(17)12(19-20)9-16(3,4)5/h6-8H,9,18H2,1-5H3. The molecule has 0 bridgehead atoms. The number of hydrogen-bond donors (Lipinski definition) is 1. The van der Waals surface area contributed by atoms with Gasteiger partial charge in [-0.2, -0.15) is 5.10 Å². The van der Waals surface area contributed by atoms with Crippen LogP contribution in [0.2, 0.25) is 0 Å². The van der Waals surface area contributed by atoms with Crippen molar-refractivity contribution in [3.63, 3.8) is 0 Å². The topological polar surface area (TPSA) is 43.8 Å². The molecular formula is C16H22BrN3. The van der Waals surface area contributed by atoms with Gasteiger partial charge in [-0.25, -0.2) is 4.68 Å². The smallest absolute Gasteiger partial charge is 0.141 e. The normalized spacial score (nSPS) is 11.9. The number of nitrogens with two attached hydrogens (primary N) is 1. The number of aromatic nitrogens is 2. The summed E-state index contributed by atoms with van der Waals surface area (Å²) in [6.45, 7) is 10.8. The Kier molecular flexibility index (Phi) is 3.96. The molecule has 1 aromatic carbocycles. The fourth-order valence-electron chi connectivity index (χ4n) is 2.30. The van der Waals surface area contributed by atoms with E-state index in [2.05, 4.69) is 68.7 Å². The van der Waals surface area contributed by atoms with Crippen LogP contribution in [0.1, 0.15) is 37.6 Å². The second-order valence-corrected chi connectivity index (χ2v) is 7.38. The Bertz CT molecular complexity index is 636. The zero-order chi connectivity index (χ0) is 15.1. The number of nitrogen functional groups attached to an aromatic ring is 1. The molecule has 4 heteroatoms. The first-order valence-corrected chi connectivity index (χ1v) is 7.59. The number of benzene rings is 1. The van der Waals surface area contributed by atoms with Crippen molar-refractivity contribution < 1.29 is 0 Å². The first-order valence-electron chi connectivity index (χ1n) is 6.79. The average Bonchev–Trinajstić information content (AvgIpc) is 2.56. The Morgan fingerprint density at radius 3 is 2.45 bits per heavy atom. The van der Waals surface area contributed by atoms with Crippen molar-refractivity contribution in [2.24, 2.45) is 5.41 Å². The molecule has 0 atom stereocenters. The number of hydrogen-bond acceptors (Lipinski definition) is 2. The lowest BCUT2D eigenvalue weighted by Crippen LogP contribution is -2.10. The molecule has 0 unspecified atom stereocenters. The molecule has 2 rings (SSSR count). The maximum Gasteiger partial charge on any atom is 0.141 e. The molecule has 1 aromatic heterocycles. The lowest BCUT2D eigenvalue weighted by Gasteiger charge is -2.16. The van der Waals surface area contributed by atoms with Crippen molar-refractivity contribution in [1.82, 2.24) is 9.78 Å². The van der Waals surface area contributed by atoms with E-state index in [-0.39, 0.29) is 5.41 Å². The van der Waals surface area contributed by atoms with E-state index in [0.717, 1.165) is 22.3 Å². The van der Waals surface area contributed by atoms with Gasteiger partial charge in [-0.05, 0) is 53.2 Å². The average molecular weight is 336 g/mol. The van der Waals surface area contributed by atoms with Gasteiger partial charge in [0, 0.05) is 0 Å². The Hall–Kier alpha value is -1.29. The second-order valence-electron chi connectivity index (χ2n) is 6.59. The Morgan fingerprint density at radius 2 is 1.90 bits per heavy atom. The number of aryl methyl sites for hydroxylation is 2. The molecule has 0 aliphatic rings. The zero-order valence-corrected chi connectivity index (χ0v) is 14.4. The van der Waals surface area contributed by atoms with E-state index < -0.39 is 0 Å². The van der Waals surface area contributed by atoms with Crippen LogP contribution in [0.3, 0.4) is 0 Å². The molecule has 0 saturated heterocycles. The second kappa shape index (κ2) is 5.24. The van der Waals surface area contributed by atoms with Gasteiger partial charge < -0.3 is 5.73 Å². The minimum absolute atomic E-state index is 0.177. The maximum atomic E-state index is 6.21. The summed E-state index contributed by atoms with van der Waals surface area (Å²) >= 11 is 3.58. The number of rotatable bonds is 2. The number of halogens is 1. The molecule has 0 radical (unpaired) electrons. The summed E-state index contributed by atoms with van der Waals surface area (Å²) in [7, 11) is 0. The lowest BCUT2D eigenvalue weighted by molar-refractivity contribution is 0.404. The molecule has 0 aliphatic heterocycles. The van der Waals surface area contributed by atoms with E-state index in [1.165, 1.54) is 11.1 Å². The minimum atomic E-state index is 0.177. The predicted octanol–water partition coefficient (Wildman–Crippen LogP) is 4.42. The molecule has 108 valence electrons. The molecule has 0 saturated carbocycles. The fraction of sp³-hybridized carbons (Fsp3) is 0.438. The van der Waals surface area contributed by atoms with Crippen LogP contribution in [0.5, 0.6) is 0 Å². The summed E-state index contributed by atoms with van der Waals surface area (Å²) < 4.78 is 2.74. The largest absolute Gasteiger partial charge is 0.383 e. The van der Waals surface area contributed by atoms with Crippen molar-refractivity contribution in [3.05, 3.63) is 39.5 Å². The predicted molar refractivity (Wildman–Crippen MR) is 88.3 cm³/mol. The SMILES string of the molecule is Cc1ccc(-n2nc(CC(C)(C)C)c(Br)c2N)c(C)c1. The molecule has 0 aliphatic carbocycles. The molecule has 20 heavy (non-hydrogen) atoms. The Balaban J connectivity index is 2.50. The van der Waals surface area contributed by atoms with Gasteiger partial charge in [-0.15, -0.1) is 0 Å². The van der Waals surface area contributed by atoms with Crippen LogP contribution in [-0.2, 0) is 6.42 Å². The summed E-state index contributed by atoms with van der Waals surface area (Å²) in [6, 6.07) is 6.30. The third kappa shape index (κ3) is 3.06. The van der Waals surface area contributed by atoms with Crippen LogP contribution in [0, 0.1) is 19.3 Å². The van der Waals surface area contributed by atoms with Crippen LogP contribution in [0.15, 0.2) is 22.7 Å². The van der Waals surface area contributed by atoms with Gasteiger partial charge >= 0.3 is 0 Å². The first-order chi connectivity index (χ1) is 9.19. The van der Waals surface area contributed by atoms with E-state index in [4.69, 9.17) is 10.8 Å². The summed E-state index contributed by atoms with van der Waals surface area (Å²) in [4.78, 5) is 0. The molecule has 2 N–H and O–H groups in total. The third-order valence-electron chi connectivity index (χ3n) is 3.21. The highest BCUT2D eigenvalue weighted by molar-refractivity contribution is 9.10. The van der Waals surface area contributed by atoms with Gasteiger partial charge in [0.2, 0.25) is 0 Å². The molecule has 3 nitrogen and oxygen atoms in total. The van der Waals surface area contributed by atoms with Crippen molar-refractivity contribution >= 4 is 21.7 Å². The zero-order valence-electron chi connectivity index (χ0n) is 12.8. The van der Waals surface area contributed by atoms with Crippen molar-refractivity contribution in [2.45, 2.75) is 41.0 Å². The summed E-state index contributed by atoms with van der Waals surface area (Å²) in [5, 5.41) is 4.70. The summed E-state index contributed by atoms with van der Waals surface area (Å²) in [6.07, 6.45) is 0.885. The van der Waals surface area contributed by atoms with Gasteiger partial charge in [-0.1, -0.05) is 38.5 Å². The van der Waals surface area contributed by atoms with Crippen LogP contribution in [0.25, 0.3) is 5.69 Å². The highest BCUT2D eigenvalue weighted by Gasteiger charge is 2.20. The van der Waals surface area contributed by atoms with Crippen LogP contribution >= 0.6 is 15.9 Å². The van der Waals surface area contributed by atoms with E-state index in [1.807, 2.05) is 4.68 Å². The first kappa shape index (κ1) is 15.1. The van der Waals surface area contributed by atoms with Gasteiger partial charge in [-0.3, -0.25) is 0 Å². The van der Waals surface area contributed by atoms with Gasteiger partial charge in [0.25, 0.3) is 0 Å². The minimum Gasteiger partial charge on any atom is -0.383 e. The summed E-state index contributed by atoms with van der Waals surface area (Å²) in [5.74, 6) is 0.663. The molecule has 0 amide bonds. The third-order valence-corrected chi connectivity index (χ3v) is 4.07. The van der Waals surface area contributed by atoms with Crippen LogP contribution < -0.4 is 5.73 Å². The van der Waals surface area contributed by atoms with E-state index >= 15 is 0 Å². The van der Waals surface area contributed by atoms with Crippen LogP contribution in [0.4, 0.5) is 5.82 Å². The van der Waals surface area contributed by atoms with Crippen molar-refractivity contribution in [3.8, 4) is 5.69 Å². The molecule has 0 spiro atoms. The van der Waals surface area contributed by atoms with Crippen molar-refractivity contribution in [1.29, 1.82) is 0 Å². The molecule has 2 aromatic rings. The lowest BCUT2D eigenvalue weighted by atomic mass is 9.91. The van der Waals surface area contributed by atoms with E-state index in [0.29, 0.717) is 5.82 Å². The van der Waals surface area contributed by atoms with E-state index in [9.17, 15) is 0 Å². The van der Waals surface area contributed by atoms with Crippen LogP contribution in [-0.4, -0.2) is 9.78 Å². The monoisotopic (exact) mass is 335 g/mol. The summed E-state index contributed by atoms with van der Waals surface area (Å²) in [5.41, 5.74) is 10.9. The highest BCUT2D eigenvalue weighted by atomic mass is 79.9. The highest BCUT2D eigenvalue weighted by Crippen LogP contribution is 2.32. The van der Waals surface area contributed by atoms with E-state index in [1.54, 1.807) is 0 Å². The molecule has 0 fully saturated rings. The Labute approximate surface area is 129 Å². The maximum absolute atomic E-state index is 6.21. The number of nitrogens with zero attached hydrogens (tertiary/aromatic N) is 2. The molecule has 1 heterocycles. The van der Waals surface area contributed by atoms with Gasteiger partial charge in [0.1, 0.15) is 5.82 Å².